The monoisotopic (exact) mass is 473 g/mol. The van der Waals surface area contributed by atoms with Crippen LogP contribution in [0.1, 0.15) is 29.5 Å². The molecule has 0 saturated carbocycles. The molecule has 174 valence electrons. The summed E-state index contributed by atoms with van der Waals surface area (Å²) in [6, 6.07) is 7.13. The molecule has 31 heavy (non-hydrogen) atoms. The van der Waals surface area contributed by atoms with Gasteiger partial charge in [0.2, 0.25) is 0 Å². The number of benzene rings is 2. The molecular weight excluding hydrogens is 452 g/mol. The Kier molecular flexibility index (Phi) is 9.19. The van der Waals surface area contributed by atoms with Gasteiger partial charge in [-0.25, -0.2) is 0 Å². The topological polar surface area (TPSA) is 75.7 Å². The Balaban J connectivity index is 0.00000480. The summed E-state index contributed by atoms with van der Waals surface area (Å²) < 4.78 is 82.7. The van der Waals surface area contributed by atoms with E-state index in [0.29, 0.717) is 31.4 Å². The highest BCUT2D eigenvalue weighted by Gasteiger charge is 2.37. The molecule has 0 heterocycles. The molecule has 2 rings (SSSR count). The largest absolute Gasteiger partial charge is 0.457 e. The van der Waals surface area contributed by atoms with E-state index in [1.54, 1.807) is 12.1 Å². The molecule has 0 amide bonds. The fraction of sp³-hybridized carbons (Fsp3) is 0.400. The lowest BCUT2D eigenvalue weighted by Gasteiger charge is -2.24. The lowest BCUT2D eigenvalue weighted by atomic mass is 9.94. The Hall–Kier alpha value is -2.01. The number of ether oxygens (including phenoxy) is 1. The van der Waals surface area contributed by atoms with Crippen molar-refractivity contribution in [1.82, 2.24) is 0 Å². The van der Waals surface area contributed by atoms with Crippen LogP contribution < -0.4 is 10.5 Å². The van der Waals surface area contributed by atoms with Gasteiger partial charge in [-0.05, 0) is 55.2 Å². The van der Waals surface area contributed by atoms with Crippen LogP contribution in [0.25, 0.3) is 0 Å². The molecule has 0 spiro atoms. The van der Waals surface area contributed by atoms with E-state index in [-0.39, 0.29) is 37.4 Å². The van der Waals surface area contributed by atoms with Gasteiger partial charge >= 0.3 is 12.4 Å². The Labute approximate surface area is 181 Å². The normalized spacial score (nSPS) is 12.4. The van der Waals surface area contributed by atoms with E-state index in [9.17, 15) is 26.3 Å². The smallest absolute Gasteiger partial charge is 0.416 e. The third kappa shape index (κ3) is 7.88. The first-order chi connectivity index (χ1) is 13.9. The van der Waals surface area contributed by atoms with Gasteiger partial charge in [-0.3, -0.25) is 0 Å². The number of hydrogen-bond donors (Lipinski definition) is 3. The van der Waals surface area contributed by atoms with Gasteiger partial charge in [-0.1, -0.05) is 12.1 Å². The number of rotatable bonds is 8. The van der Waals surface area contributed by atoms with E-state index in [0.717, 1.165) is 5.56 Å². The highest BCUT2D eigenvalue weighted by Crippen LogP contribution is 2.39. The molecule has 0 aliphatic heterocycles. The van der Waals surface area contributed by atoms with Gasteiger partial charge in [0.25, 0.3) is 0 Å². The zero-order chi connectivity index (χ0) is 22.6. The van der Waals surface area contributed by atoms with Crippen molar-refractivity contribution in [2.75, 3.05) is 13.2 Å². The first-order valence-electron chi connectivity index (χ1n) is 8.93. The highest BCUT2D eigenvalue weighted by molar-refractivity contribution is 5.85. The van der Waals surface area contributed by atoms with E-state index in [2.05, 4.69) is 0 Å². The second-order valence-corrected chi connectivity index (χ2v) is 7.02. The molecule has 0 fully saturated rings. The number of aliphatic hydroxyl groups excluding tert-OH is 2. The van der Waals surface area contributed by atoms with Crippen LogP contribution in [0.5, 0.6) is 11.5 Å². The van der Waals surface area contributed by atoms with Crippen molar-refractivity contribution in [3.8, 4) is 11.5 Å². The number of aliphatic hydroxyl groups is 2. The first-order valence-corrected chi connectivity index (χ1v) is 8.93. The number of hydrogen-bond acceptors (Lipinski definition) is 4. The van der Waals surface area contributed by atoms with Gasteiger partial charge in [-0.15, -0.1) is 12.4 Å². The predicted octanol–water partition coefficient (Wildman–Crippen LogP) is 4.94. The molecule has 2 aromatic rings. The van der Waals surface area contributed by atoms with Crippen molar-refractivity contribution in [2.24, 2.45) is 5.73 Å². The summed E-state index contributed by atoms with van der Waals surface area (Å²) in [5, 5.41) is 18.3. The summed E-state index contributed by atoms with van der Waals surface area (Å²) in [5.74, 6) is -0.506. The predicted molar refractivity (Wildman–Crippen MR) is 104 cm³/mol. The van der Waals surface area contributed by atoms with E-state index < -0.39 is 34.8 Å². The average Bonchev–Trinajstić information content (AvgIpc) is 2.67. The molecule has 11 heteroatoms. The molecule has 4 nitrogen and oxygen atoms in total. The molecule has 0 radical (unpaired) electrons. The molecule has 0 saturated heterocycles. The molecule has 0 aromatic heterocycles. The Morgan fingerprint density at radius 1 is 0.774 bits per heavy atom. The number of alkyl halides is 6. The van der Waals surface area contributed by atoms with Crippen LogP contribution in [0.2, 0.25) is 0 Å². The van der Waals surface area contributed by atoms with Crippen molar-refractivity contribution in [1.29, 1.82) is 0 Å². The lowest BCUT2D eigenvalue weighted by Crippen LogP contribution is -2.47. The maximum absolute atomic E-state index is 12.9. The SMILES string of the molecule is Cl.NC(CO)(CO)CCCc1ccc(Oc2cc(C(F)(F)F)cc(C(F)(F)F)c2)cc1. The molecule has 0 aliphatic carbocycles. The van der Waals surface area contributed by atoms with Gasteiger partial charge in [0.15, 0.2) is 0 Å². The molecule has 0 bridgehead atoms. The standard InChI is InChI=1S/C20H21F6NO3.ClH/c21-19(22,23)14-8-15(20(24,25)26)10-17(9-14)30-16-5-3-13(4-6-16)2-1-7-18(27,11-28)12-29;/h3-6,8-10,28-29H,1-2,7,11-12,27H2;1H. The summed E-state index contributed by atoms with van der Waals surface area (Å²) in [6.45, 7) is -0.736. The molecule has 2 aromatic carbocycles. The zero-order valence-electron chi connectivity index (χ0n) is 16.1. The van der Waals surface area contributed by atoms with E-state index in [4.69, 9.17) is 20.7 Å². The van der Waals surface area contributed by atoms with Crippen molar-refractivity contribution in [3.63, 3.8) is 0 Å². The Bertz CT molecular complexity index is 804. The summed E-state index contributed by atoms with van der Waals surface area (Å²) in [7, 11) is 0. The Morgan fingerprint density at radius 3 is 1.68 bits per heavy atom. The van der Waals surface area contributed by atoms with Crippen LogP contribution in [0.3, 0.4) is 0 Å². The Morgan fingerprint density at radius 2 is 1.26 bits per heavy atom. The maximum Gasteiger partial charge on any atom is 0.416 e. The van der Waals surface area contributed by atoms with Gasteiger partial charge < -0.3 is 20.7 Å². The maximum atomic E-state index is 12.9. The van der Waals surface area contributed by atoms with Crippen molar-refractivity contribution in [2.45, 2.75) is 37.2 Å². The summed E-state index contributed by atoms with van der Waals surface area (Å²) in [4.78, 5) is 0. The molecule has 0 aliphatic rings. The summed E-state index contributed by atoms with van der Waals surface area (Å²) >= 11 is 0. The van der Waals surface area contributed by atoms with Crippen LogP contribution >= 0.6 is 12.4 Å². The van der Waals surface area contributed by atoms with E-state index in [1.165, 1.54) is 12.1 Å². The highest BCUT2D eigenvalue weighted by atomic mass is 35.5. The number of nitrogens with two attached hydrogens (primary N) is 1. The molecular formula is C20H22ClF6NO3. The van der Waals surface area contributed by atoms with Crippen LogP contribution in [-0.2, 0) is 18.8 Å². The van der Waals surface area contributed by atoms with Gasteiger partial charge in [0.1, 0.15) is 11.5 Å². The quantitative estimate of drug-likeness (QED) is 0.475. The van der Waals surface area contributed by atoms with E-state index >= 15 is 0 Å². The van der Waals surface area contributed by atoms with Gasteiger partial charge in [0.05, 0.1) is 29.9 Å². The second-order valence-electron chi connectivity index (χ2n) is 7.02. The fourth-order valence-corrected chi connectivity index (χ4v) is 2.70. The lowest BCUT2D eigenvalue weighted by molar-refractivity contribution is -0.143. The zero-order valence-corrected chi connectivity index (χ0v) is 16.9. The van der Waals surface area contributed by atoms with Gasteiger partial charge in [-0.2, -0.15) is 26.3 Å². The minimum atomic E-state index is -4.95. The van der Waals surface area contributed by atoms with Crippen LogP contribution in [0.15, 0.2) is 42.5 Å². The van der Waals surface area contributed by atoms with Gasteiger partial charge in [0, 0.05) is 0 Å². The van der Waals surface area contributed by atoms with Crippen LogP contribution in [0, 0.1) is 0 Å². The summed E-state index contributed by atoms with van der Waals surface area (Å²) in [5.41, 5.74) is 2.60. The third-order valence-electron chi connectivity index (χ3n) is 4.49. The number of halogens is 7. The molecule has 0 atom stereocenters. The van der Waals surface area contributed by atoms with Crippen LogP contribution in [0.4, 0.5) is 26.3 Å². The fourth-order valence-electron chi connectivity index (χ4n) is 2.70. The third-order valence-corrected chi connectivity index (χ3v) is 4.49. The minimum absolute atomic E-state index is 0. The van der Waals surface area contributed by atoms with Crippen LogP contribution in [-0.4, -0.2) is 29.0 Å². The van der Waals surface area contributed by atoms with Crippen molar-refractivity contribution < 1.29 is 41.3 Å². The second kappa shape index (κ2) is 10.5. The summed E-state index contributed by atoms with van der Waals surface area (Å²) in [6.07, 6.45) is -8.45. The molecule has 0 unspecified atom stereocenters. The van der Waals surface area contributed by atoms with Crippen molar-refractivity contribution in [3.05, 3.63) is 59.2 Å². The first kappa shape index (κ1) is 27.0. The molecule has 4 N–H and O–H groups in total. The minimum Gasteiger partial charge on any atom is -0.457 e. The van der Waals surface area contributed by atoms with E-state index in [1.807, 2.05) is 0 Å². The van der Waals surface area contributed by atoms with Crippen molar-refractivity contribution >= 4 is 12.4 Å². The number of aryl methyl sites for hydroxylation is 1. The average molecular weight is 474 g/mol.